The quantitative estimate of drug-likeness (QED) is 0.812. The smallest absolute Gasteiger partial charge is 0.236 e. The number of hydrogen-bond acceptors (Lipinski definition) is 3. The van der Waals surface area contributed by atoms with Gasteiger partial charge in [-0.1, -0.05) is 18.5 Å². The standard InChI is InChI=1S/C15H17ClN2O2S/c1-10-7-12(10)9-18(2)21(19,20)13-4-5-14-11(8-13)3-6-15(16)17-14/h3-6,8,10,12H,7,9H2,1-2H3. The lowest BCUT2D eigenvalue weighted by Gasteiger charge is -2.17. The van der Waals surface area contributed by atoms with E-state index in [0.717, 1.165) is 11.8 Å². The van der Waals surface area contributed by atoms with E-state index in [2.05, 4.69) is 11.9 Å². The molecule has 0 amide bonds. The molecule has 0 saturated heterocycles. The van der Waals surface area contributed by atoms with Gasteiger partial charge in [-0.15, -0.1) is 0 Å². The van der Waals surface area contributed by atoms with Crippen LogP contribution < -0.4 is 0 Å². The van der Waals surface area contributed by atoms with Gasteiger partial charge in [0.25, 0.3) is 0 Å². The molecule has 0 radical (unpaired) electrons. The molecule has 1 fully saturated rings. The average molecular weight is 325 g/mol. The summed E-state index contributed by atoms with van der Waals surface area (Å²) in [6.45, 7) is 2.73. The number of hydrogen-bond donors (Lipinski definition) is 0. The Morgan fingerprint density at radius 3 is 2.71 bits per heavy atom. The molecule has 6 heteroatoms. The van der Waals surface area contributed by atoms with Gasteiger partial charge in [-0.05, 0) is 48.6 Å². The van der Waals surface area contributed by atoms with Crippen molar-refractivity contribution in [1.29, 1.82) is 0 Å². The van der Waals surface area contributed by atoms with Crippen LogP contribution in [0.15, 0.2) is 35.2 Å². The second-order valence-corrected chi connectivity index (χ2v) is 8.18. The summed E-state index contributed by atoms with van der Waals surface area (Å²) in [7, 11) is -1.80. The van der Waals surface area contributed by atoms with E-state index in [0.29, 0.717) is 33.9 Å². The molecule has 1 aliphatic carbocycles. The van der Waals surface area contributed by atoms with Gasteiger partial charge < -0.3 is 0 Å². The van der Waals surface area contributed by atoms with Gasteiger partial charge in [0.15, 0.2) is 0 Å². The van der Waals surface area contributed by atoms with E-state index in [1.54, 1.807) is 37.4 Å². The third-order valence-electron chi connectivity index (χ3n) is 4.10. The highest BCUT2D eigenvalue weighted by atomic mass is 35.5. The first kappa shape index (κ1) is 14.8. The Kier molecular flexibility index (Phi) is 3.67. The van der Waals surface area contributed by atoms with Gasteiger partial charge in [-0.2, -0.15) is 0 Å². The summed E-state index contributed by atoms with van der Waals surface area (Å²) in [5, 5.41) is 1.17. The van der Waals surface area contributed by atoms with Crippen LogP contribution in [0.25, 0.3) is 10.9 Å². The van der Waals surface area contributed by atoms with Crippen LogP contribution in [0.3, 0.4) is 0 Å². The molecule has 0 aliphatic heterocycles. The van der Waals surface area contributed by atoms with Gasteiger partial charge in [0.2, 0.25) is 10.0 Å². The molecular formula is C15H17ClN2O2S. The van der Waals surface area contributed by atoms with E-state index >= 15 is 0 Å². The summed E-state index contributed by atoms with van der Waals surface area (Å²) in [6.07, 6.45) is 1.11. The Balaban J connectivity index is 1.92. The predicted molar refractivity (Wildman–Crippen MR) is 83.8 cm³/mol. The first-order valence-electron chi connectivity index (χ1n) is 6.90. The highest BCUT2D eigenvalue weighted by Gasteiger charge is 2.36. The molecule has 1 aromatic heterocycles. The van der Waals surface area contributed by atoms with E-state index in [1.807, 2.05) is 0 Å². The number of benzene rings is 1. The molecule has 1 aliphatic rings. The van der Waals surface area contributed by atoms with Crippen LogP contribution in [-0.2, 0) is 10.0 Å². The lowest BCUT2D eigenvalue weighted by molar-refractivity contribution is 0.445. The Morgan fingerprint density at radius 1 is 1.33 bits per heavy atom. The van der Waals surface area contributed by atoms with Crippen LogP contribution in [0.1, 0.15) is 13.3 Å². The molecule has 2 atom stereocenters. The van der Waals surface area contributed by atoms with E-state index < -0.39 is 10.0 Å². The fourth-order valence-corrected chi connectivity index (χ4v) is 3.92. The van der Waals surface area contributed by atoms with Crippen LogP contribution in [0.4, 0.5) is 0 Å². The van der Waals surface area contributed by atoms with Crippen molar-refractivity contribution in [3.8, 4) is 0 Å². The lowest BCUT2D eigenvalue weighted by Crippen LogP contribution is -2.29. The maximum atomic E-state index is 12.6. The average Bonchev–Trinajstić information content (AvgIpc) is 3.13. The van der Waals surface area contributed by atoms with Crippen molar-refractivity contribution in [3.63, 3.8) is 0 Å². The Hall–Kier alpha value is -1.17. The van der Waals surface area contributed by atoms with E-state index in [1.165, 1.54) is 4.31 Å². The summed E-state index contributed by atoms with van der Waals surface area (Å²) in [6, 6.07) is 8.39. The zero-order valence-corrected chi connectivity index (χ0v) is 13.5. The number of nitrogens with zero attached hydrogens (tertiary/aromatic N) is 2. The van der Waals surface area contributed by atoms with E-state index in [-0.39, 0.29) is 0 Å². The number of rotatable bonds is 4. The number of sulfonamides is 1. The number of halogens is 1. The van der Waals surface area contributed by atoms with Gasteiger partial charge in [0.1, 0.15) is 5.15 Å². The molecule has 2 unspecified atom stereocenters. The van der Waals surface area contributed by atoms with Crippen molar-refractivity contribution >= 4 is 32.5 Å². The number of aromatic nitrogens is 1. The summed E-state index contributed by atoms with van der Waals surface area (Å²) in [4.78, 5) is 4.47. The highest BCUT2D eigenvalue weighted by molar-refractivity contribution is 7.89. The van der Waals surface area contributed by atoms with Crippen molar-refractivity contribution in [1.82, 2.24) is 9.29 Å². The predicted octanol–water partition coefficient (Wildman–Crippen LogP) is 3.16. The summed E-state index contributed by atoms with van der Waals surface area (Å²) >= 11 is 5.84. The second-order valence-electron chi connectivity index (χ2n) is 5.75. The van der Waals surface area contributed by atoms with Gasteiger partial charge in [-0.3, -0.25) is 0 Å². The summed E-state index contributed by atoms with van der Waals surface area (Å²) < 4.78 is 26.6. The molecule has 1 saturated carbocycles. The van der Waals surface area contributed by atoms with Crippen molar-refractivity contribution in [2.24, 2.45) is 11.8 Å². The number of pyridine rings is 1. The van der Waals surface area contributed by atoms with Gasteiger partial charge >= 0.3 is 0 Å². The van der Waals surface area contributed by atoms with Crippen molar-refractivity contribution in [2.75, 3.05) is 13.6 Å². The Bertz CT molecular complexity index is 791. The minimum atomic E-state index is -3.45. The molecule has 1 heterocycles. The Morgan fingerprint density at radius 2 is 2.05 bits per heavy atom. The van der Waals surface area contributed by atoms with Crippen molar-refractivity contribution in [3.05, 3.63) is 35.5 Å². The van der Waals surface area contributed by atoms with Gasteiger partial charge in [-0.25, -0.2) is 17.7 Å². The van der Waals surface area contributed by atoms with Crippen molar-refractivity contribution < 1.29 is 8.42 Å². The van der Waals surface area contributed by atoms with Crippen molar-refractivity contribution in [2.45, 2.75) is 18.2 Å². The largest absolute Gasteiger partial charge is 0.242 e. The van der Waals surface area contributed by atoms with Crippen LogP contribution >= 0.6 is 11.6 Å². The lowest BCUT2D eigenvalue weighted by atomic mass is 10.2. The second kappa shape index (κ2) is 5.23. The van der Waals surface area contributed by atoms with E-state index in [9.17, 15) is 8.42 Å². The Labute approximate surface area is 129 Å². The summed E-state index contributed by atoms with van der Waals surface area (Å²) in [5.74, 6) is 1.12. The normalized spacial score (nSPS) is 21.9. The van der Waals surface area contributed by atoms with Crippen LogP contribution in [0, 0.1) is 11.8 Å². The van der Waals surface area contributed by atoms with E-state index in [4.69, 9.17) is 11.6 Å². The monoisotopic (exact) mass is 324 g/mol. The zero-order valence-electron chi connectivity index (χ0n) is 12.0. The topological polar surface area (TPSA) is 50.3 Å². The molecule has 1 aromatic carbocycles. The molecule has 3 rings (SSSR count). The third kappa shape index (κ3) is 2.91. The maximum absolute atomic E-state index is 12.6. The highest BCUT2D eigenvalue weighted by Crippen LogP contribution is 2.38. The molecule has 0 spiro atoms. The third-order valence-corrected chi connectivity index (χ3v) is 6.13. The molecule has 112 valence electrons. The fraction of sp³-hybridized carbons (Fsp3) is 0.400. The molecule has 0 bridgehead atoms. The number of fused-ring (bicyclic) bond motifs is 1. The first-order chi connectivity index (χ1) is 9.88. The first-order valence-corrected chi connectivity index (χ1v) is 8.72. The van der Waals surface area contributed by atoms with Crippen LogP contribution in [-0.4, -0.2) is 31.3 Å². The van der Waals surface area contributed by atoms with Gasteiger partial charge in [0, 0.05) is 19.0 Å². The fourth-order valence-electron chi connectivity index (χ4n) is 2.50. The zero-order chi connectivity index (χ0) is 15.2. The van der Waals surface area contributed by atoms with Gasteiger partial charge in [0.05, 0.1) is 10.4 Å². The molecule has 21 heavy (non-hydrogen) atoms. The SMILES string of the molecule is CC1CC1CN(C)S(=O)(=O)c1ccc2nc(Cl)ccc2c1. The molecular weight excluding hydrogens is 308 g/mol. The minimum Gasteiger partial charge on any atom is -0.236 e. The van der Waals surface area contributed by atoms with Crippen LogP contribution in [0.5, 0.6) is 0 Å². The molecule has 0 N–H and O–H groups in total. The van der Waals surface area contributed by atoms with Crippen LogP contribution in [0.2, 0.25) is 5.15 Å². The molecule has 2 aromatic rings. The molecule has 4 nitrogen and oxygen atoms in total. The minimum absolute atomic E-state index is 0.301. The summed E-state index contributed by atoms with van der Waals surface area (Å²) in [5.41, 5.74) is 0.694. The maximum Gasteiger partial charge on any atom is 0.242 e.